The van der Waals surface area contributed by atoms with Crippen LogP contribution in [-0.4, -0.2) is 71.0 Å². The molecule has 1 saturated heterocycles. The molecule has 1 fully saturated rings. The van der Waals surface area contributed by atoms with Gasteiger partial charge in [0, 0.05) is 50.2 Å². The Morgan fingerprint density at radius 1 is 0.936 bits per heavy atom. The van der Waals surface area contributed by atoms with Gasteiger partial charge < -0.3 is 15.0 Å². The van der Waals surface area contributed by atoms with E-state index in [1.54, 1.807) is 31.4 Å². The summed E-state index contributed by atoms with van der Waals surface area (Å²) in [6.07, 6.45) is 1.38. The van der Waals surface area contributed by atoms with Gasteiger partial charge >= 0.3 is 0 Å². The molecule has 1 aliphatic rings. The topological polar surface area (TPSA) is 114 Å². The monoisotopic (exact) mass is 655 g/mol. The van der Waals surface area contributed by atoms with Crippen LogP contribution in [-0.2, 0) is 10.0 Å². The molecule has 3 aromatic heterocycles. The maximum absolute atomic E-state index is 15.0. The number of halogens is 1. The maximum atomic E-state index is 15.0. The fourth-order valence-electron chi connectivity index (χ4n) is 6.11. The van der Waals surface area contributed by atoms with Gasteiger partial charge in [-0.25, -0.2) is 26.2 Å². The predicted molar refractivity (Wildman–Crippen MR) is 181 cm³/mol. The summed E-state index contributed by atoms with van der Waals surface area (Å²) in [5, 5.41) is 3.28. The molecule has 7 rings (SSSR count). The van der Waals surface area contributed by atoms with Crippen molar-refractivity contribution in [1.82, 2.24) is 23.2 Å². The first kappa shape index (κ1) is 30.6. The Kier molecular flexibility index (Phi) is 7.60. The number of anilines is 3. The Labute approximate surface area is 270 Å². The van der Waals surface area contributed by atoms with Crippen LogP contribution in [0.15, 0.2) is 82.6 Å². The van der Waals surface area contributed by atoms with E-state index < -0.39 is 21.4 Å². The Bertz CT molecular complexity index is 2330. The summed E-state index contributed by atoms with van der Waals surface area (Å²) in [7, 11) is -2.53. The van der Waals surface area contributed by atoms with Gasteiger partial charge in [0.05, 0.1) is 28.6 Å². The number of methoxy groups -OCH3 is 1. The molecular weight excluding hydrogens is 621 g/mol. The molecule has 0 radical (unpaired) electrons. The van der Waals surface area contributed by atoms with Crippen LogP contribution in [0.1, 0.15) is 19.4 Å². The molecule has 1 aliphatic heterocycles. The van der Waals surface area contributed by atoms with Crippen LogP contribution < -0.4 is 20.5 Å². The lowest BCUT2D eigenvalue weighted by molar-refractivity contribution is 0.209. The predicted octanol–water partition coefficient (Wildman–Crippen LogP) is 5.16. The van der Waals surface area contributed by atoms with E-state index in [2.05, 4.69) is 38.9 Å². The van der Waals surface area contributed by atoms with Crippen LogP contribution in [0.5, 0.6) is 5.75 Å². The lowest BCUT2D eigenvalue weighted by atomic mass is 10.2. The number of ether oxygens (including phenoxy) is 1. The van der Waals surface area contributed by atoms with Gasteiger partial charge in [0.1, 0.15) is 17.0 Å². The first-order valence-electron chi connectivity index (χ1n) is 15.3. The summed E-state index contributed by atoms with van der Waals surface area (Å²) in [4.78, 5) is 28.1. The minimum atomic E-state index is -4.08. The molecule has 6 aromatic rings. The molecule has 242 valence electrons. The first-order valence-corrected chi connectivity index (χ1v) is 16.8. The van der Waals surface area contributed by atoms with Gasteiger partial charge in [-0.1, -0.05) is 23.8 Å². The second-order valence-corrected chi connectivity index (χ2v) is 13.8. The number of aromatic nitrogens is 4. The van der Waals surface area contributed by atoms with E-state index in [0.717, 1.165) is 41.4 Å². The van der Waals surface area contributed by atoms with Crippen molar-refractivity contribution < 1.29 is 17.5 Å². The van der Waals surface area contributed by atoms with Gasteiger partial charge in [0.2, 0.25) is 5.95 Å². The second kappa shape index (κ2) is 11.7. The van der Waals surface area contributed by atoms with Crippen molar-refractivity contribution in [3.05, 3.63) is 94.7 Å². The lowest BCUT2D eigenvalue weighted by Gasteiger charge is -2.38. The number of rotatable bonds is 7. The van der Waals surface area contributed by atoms with Crippen molar-refractivity contribution in [3.8, 4) is 5.75 Å². The molecular formula is C34H34FN7O4S. The molecule has 11 nitrogen and oxygen atoms in total. The highest BCUT2D eigenvalue weighted by Gasteiger charge is 2.25. The van der Waals surface area contributed by atoms with Gasteiger partial charge in [-0.2, -0.15) is 4.98 Å². The molecule has 0 saturated carbocycles. The summed E-state index contributed by atoms with van der Waals surface area (Å²) in [5.41, 5.74) is 2.00. The number of hydrogen-bond donors (Lipinski definition) is 1. The molecule has 0 aliphatic carbocycles. The fraction of sp³-hybridized carbons (Fsp3) is 0.265. The zero-order valence-electron chi connectivity index (χ0n) is 26.4. The SMILES string of the molecule is COc1cc(N2CCN(C(C)C)CC2)ccc1Nc1nc2c(ccn2S(=O)(=O)c2ccc(C)cc2)c2nc3cccc(F)c3c(=O)n12. The molecule has 0 bridgehead atoms. The Hall–Kier alpha value is -5.01. The maximum Gasteiger partial charge on any atom is 0.271 e. The van der Waals surface area contributed by atoms with E-state index in [1.165, 1.54) is 34.9 Å². The number of aryl methyl sites for hydroxylation is 1. The third kappa shape index (κ3) is 5.25. The van der Waals surface area contributed by atoms with Crippen molar-refractivity contribution in [3.63, 3.8) is 0 Å². The molecule has 4 heterocycles. The fourth-order valence-corrected chi connectivity index (χ4v) is 7.40. The molecule has 13 heteroatoms. The molecule has 0 spiro atoms. The summed E-state index contributed by atoms with van der Waals surface area (Å²) >= 11 is 0. The largest absolute Gasteiger partial charge is 0.494 e. The number of nitrogens with one attached hydrogen (secondary N) is 1. The summed E-state index contributed by atoms with van der Waals surface area (Å²) in [5.74, 6) is -0.287. The molecule has 1 N–H and O–H groups in total. The smallest absolute Gasteiger partial charge is 0.271 e. The van der Waals surface area contributed by atoms with Gasteiger partial charge in [0.25, 0.3) is 15.6 Å². The molecule has 0 atom stereocenters. The number of hydrogen-bond acceptors (Lipinski definition) is 9. The molecule has 0 amide bonds. The number of nitrogens with zero attached hydrogens (tertiary/aromatic N) is 6. The van der Waals surface area contributed by atoms with Gasteiger partial charge in [-0.05, 0) is 63.2 Å². The van der Waals surface area contributed by atoms with Crippen LogP contribution in [0.4, 0.5) is 21.7 Å². The minimum absolute atomic E-state index is 0.0502. The number of piperazine rings is 1. The standard InChI is InChI=1S/C34H34FN7O4S/c1-21(2)39-16-18-40(19-17-39)23-10-13-27(29(20-23)46-4)37-34-38-31-25(14-15-41(31)47(44,45)24-11-8-22(3)9-12-24)32-36-28-7-5-6-26(35)30(28)33(43)42(32)34/h5-15,20-21H,16-19H2,1-4H3,(H,37,38). The van der Waals surface area contributed by atoms with E-state index in [1.807, 2.05) is 25.1 Å². The van der Waals surface area contributed by atoms with Crippen LogP contribution in [0.25, 0.3) is 27.6 Å². The van der Waals surface area contributed by atoms with Crippen molar-refractivity contribution in [2.75, 3.05) is 43.5 Å². The van der Waals surface area contributed by atoms with E-state index in [-0.39, 0.29) is 33.0 Å². The van der Waals surface area contributed by atoms with Gasteiger partial charge in [-0.3, -0.25) is 9.69 Å². The van der Waals surface area contributed by atoms with Crippen molar-refractivity contribution in [1.29, 1.82) is 0 Å². The quantitative estimate of drug-likeness (QED) is 0.233. The normalized spacial score (nSPS) is 14.5. The van der Waals surface area contributed by atoms with Crippen LogP contribution in [0.2, 0.25) is 0 Å². The Morgan fingerprint density at radius 3 is 2.38 bits per heavy atom. The molecule has 0 unspecified atom stereocenters. The number of benzene rings is 3. The molecule has 47 heavy (non-hydrogen) atoms. The van der Waals surface area contributed by atoms with E-state index in [0.29, 0.717) is 22.9 Å². The van der Waals surface area contributed by atoms with E-state index in [4.69, 9.17) is 4.74 Å². The average molecular weight is 656 g/mol. The first-order chi connectivity index (χ1) is 22.6. The van der Waals surface area contributed by atoms with Crippen LogP contribution in [0, 0.1) is 12.7 Å². The minimum Gasteiger partial charge on any atom is -0.494 e. The van der Waals surface area contributed by atoms with Crippen molar-refractivity contribution in [2.45, 2.75) is 31.7 Å². The van der Waals surface area contributed by atoms with E-state index in [9.17, 15) is 13.2 Å². The third-order valence-electron chi connectivity index (χ3n) is 8.76. The van der Waals surface area contributed by atoms with E-state index >= 15 is 4.39 Å². The highest BCUT2D eigenvalue weighted by molar-refractivity contribution is 7.90. The summed E-state index contributed by atoms with van der Waals surface area (Å²) in [6, 6.07) is 18.4. The van der Waals surface area contributed by atoms with Crippen molar-refractivity contribution >= 4 is 54.9 Å². The zero-order chi connectivity index (χ0) is 33.0. The van der Waals surface area contributed by atoms with Gasteiger partial charge in [-0.15, -0.1) is 0 Å². The average Bonchev–Trinajstić information content (AvgIpc) is 3.50. The van der Waals surface area contributed by atoms with Gasteiger partial charge in [0.15, 0.2) is 11.3 Å². The third-order valence-corrected chi connectivity index (χ3v) is 10.4. The summed E-state index contributed by atoms with van der Waals surface area (Å²) in [6.45, 7) is 9.88. The van der Waals surface area contributed by atoms with Crippen LogP contribution in [0.3, 0.4) is 0 Å². The lowest BCUT2D eigenvalue weighted by Crippen LogP contribution is -2.48. The molecule has 3 aromatic carbocycles. The second-order valence-electron chi connectivity index (χ2n) is 11.9. The Balaban J connectivity index is 1.39. The Morgan fingerprint density at radius 2 is 1.68 bits per heavy atom. The van der Waals surface area contributed by atoms with Crippen molar-refractivity contribution in [2.24, 2.45) is 0 Å². The summed E-state index contributed by atoms with van der Waals surface area (Å²) < 4.78 is 50.7. The zero-order valence-corrected chi connectivity index (χ0v) is 27.3. The highest BCUT2D eigenvalue weighted by Crippen LogP contribution is 2.34. The highest BCUT2D eigenvalue weighted by atomic mass is 32.2. The van der Waals surface area contributed by atoms with Crippen LogP contribution >= 0.6 is 0 Å². The number of fused-ring (bicyclic) bond motifs is 4.